The van der Waals surface area contributed by atoms with Crippen LogP contribution in [0.4, 0.5) is 5.69 Å². The van der Waals surface area contributed by atoms with Gasteiger partial charge in [-0.05, 0) is 60.7 Å². The van der Waals surface area contributed by atoms with E-state index in [9.17, 15) is 24.3 Å². The van der Waals surface area contributed by atoms with E-state index in [1.54, 1.807) is 12.1 Å². The molecule has 0 radical (unpaired) electrons. The number of hydrogen-bond acceptors (Lipinski definition) is 6. The predicted octanol–water partition coefficient (Wildman–Crippen LogP) is 5.61. The third-order valence-corrected chi connectivity index (χ3v) is 8.10. The smallest absolute Gasteiger partial charge is 0.305 e. The van der Waals surface area contributed by atoms with Crippen LogP contribution in [-0.2, 0) is 33.0 Å². The molecule has 0 aliphatic heterocycles. The van der Waals surface area contributed by atoms with E-state index in [0.29, 0.717) is 15.7 Å². The van der Waals surface area contributed by atoms with Gasteiger partial charge < -0.3 is 15.7 Å². The summed E-state index contributed by atoms with van der Waals surface area (Å²) < 4.78 is 0. The number of carbonyl (C=O) groups excluding carboxylic acids is 3. The highest BCUT2D eigenvalue weighted by atomic mass is 35.5. The largest absolute Gasteiger partial charge is 0.481 e. The Morgan fingerprint density at radius 1 is 1.00 bits per heavy atom. The molecule has 0 spiro atoms. The number of nitrogens with one attached hydrogen (secondary N) is 2. The van der Waals surface area contributed by atoms with Crippen molar-refractivity contribution in [2.75, 3.05) is 11.1 Å². The minimum atomic E-state index is -1.16. The van der Waals surface area contributed by atoms with Crippen LogP contribution in [0.15, 0.2) is 60.7 Å². The molecule has 0 unspecified atom stereocenters. The summed E-state index contributed by atoms with van der Waals surface area (Å²) in [5.74, 6) is -1.50. The molecule has 0 fully saturated rings. The minimum absolute atomic E-state index is 0.0605. The van der Waals surface area contributed by atoms with Gasteiger partial charge in [0.25, 0.3) is 5.91 Å². The normalized spacial score (nSPS) is 11.5. The number of ketones is 1. The minimum Gasteiger partial charge on any atom is -0.481 e. The Morgan fingerprint density at radius 3 is 2.42 bits per heavy atom. The maximum Gasteiger partial charge on any atom is 0.305 e. The second kappa shape index (κ2) is 14.7. The lowest BCUT2D eigenvalue weighted by Gasteiger charge is -2.15. The molecule has 1 aromatic heterocycles. The summed E-state index contributed by atoms with van der Waals surface area (Å²) in [5, 5.41) is 15.2. The molecule has 0 bridgehead atoms. The van der Waals surface area contributed by atoms with Crippen molar-refractivity contribution in [3.8, 4) is 0 Å². The van der Waals surface area contributed by atoms with E-state index in [-0.39, 0.29) is 17.4 Å². The van der Waals surface area contributed by atoms with Gasteiger partial charge in [-0.2, -0.15) is 0 Å². The number of Topliss-reactive ketones (excluding diaryl/α,β-unsaturated/α-hetero) is 1. The van der Waals surface area contributed by atoms with Gasteiger partial charge in [0.15, 0.2) is 5.78 Å². The van der Waals surface area contributed by atoms with Gasteiger partial charge in [0.05, 0.1) is 23.1 Å². The number of benzene rings is 2. The Labute approximate surface area is 235 Å². The fourth-order valence-corrected chi connectivity index (χ4v) is 5.90. The average Bonchev–Trinajstić information content (AvgIpc) is 3.34. The third-order valence-electron chi connectivity index (χ3n) is 5.58. The van der Waals surface area contributed by atoms with Crippen molar-refractivity contribution in [1.29, 1.82) is 0 Å². The second-order valence-electron chi connectivity index (χ2n) is 8.67. The number of thioether (sulfide) groups is 1. The summed E-state index contributed by atoms with van der Waals surface area (Å²) in [6, 6.07) is 17.5. The van der Waals surface area contributed by atoms with E-state index in [4.69, 9.17) is 11.6 Å². The monoisotopic (exact) mass is 572 g/mol. The van der Waals surface area contributed by atoms with Crippen LogP contribution >= 0.6 is 34.7 Å². The van der Waals surface area contributed by atoms with E-state index in [1.807, 2.05) is 48.5 Å². The van der Waals surface area contributed by atoms with E-state index in [2.05, 4.69) is 10.6 Å². The van der Waals surface area contributed by atoms with Crippen LogP contribution in [0.3, 0.4) is 0 Å². The first kappa shape index (κ1) is 29.4. The van der Waals surface area contributed by atoms with Gasteiger partial charge in [0.1, 0.15) is 0 Å². The summed E-state index contributed by atoms with van der Waals surface area (Å²) in [4.78, 5) is 49.5. The van der Waals surface area contributed by atoms with Gasteiger partial charge in [-0.3, -0.25) is 19.2 Å². The molecule has 2 amide bonds. The Morgan fingerprint density at radius 2 is 1.74 bits per heavy atom. The number of carboxylic acid groups (broad SMARTS) is 1. The lowest BCUT2D eigenvalue weighted by atomic mass is 10.1. The molecule has 200 valence electrons. The number of rotatable bonds is 14. The maximum absolute atomic E-state index is 12.8. The number of carboxylic acids is 1. The van der Waals surface area contributed by atoms with Crippen LogP contribution in [0, 0.1) is 0 Å². The van der Waals surface area contributed by atoms with Crippen molar-refractivity contribution in [2.24, 2.45) is 0 Å². The quantitative estimate of drug-likeness (QED) is 0.231. The third kappa shape index (κ3) is 9.63. The van der Waals surface area contributed by atoms with Crippen LogP contribution < -0.4 is 10.6 Å². The second-order valence-corrected chi connectivity index (χ2v) is 11.2. The van der Waals surface area contributed by atoms with Crippen molar-refractivity contribution in [3.05, 3.63) is 86.6 Å². The van der Waals surface area contributed by atoms with E-state index < -0.39 is 24.3 Å². The fourth-order valence-electron chi connectivity index (χ4n) is 3.69. The number of aliphatic carboxylic acids is 1. The van der Waals surface area contributed by atoms with Crippen molar-refractivity contribution >= 4 is 64.0 Å². The van der Waals surface area contributed by atoms with Gasteiger partial charge in [-0.1, -0.05) is 41.9 Å². The maximum atomic E-state index is 12.8. The molecule has 3 N–H and O–H groups in total. The lowest BCUT2D eigenvalue weighted by molar-refractivity contribution is -0.139. The van der Waals surface area contributed by atoms with Gasteiger partial charge in [-0.25, -0.2) is 0 Å². The number of anilines is 1. The number of hydrogen-bond donors (Lipinski definition) is 3. The van der Waals surface area contributed by atoms with Crippen LogP contribution in [0.5, 0.6) is 0 Å². The molecular formula is C28H29ClN2O5S2. The molecule has 1 atom stereocenters. The predicted molar refractivity (Wildman–Crippen MR) is 153 cm³/mol. The molecule has 10 heteroatoms. The zero-order chi connectivity index (χ0) is 27.5. The summed E-state index contributed by atoms with van der Waals surface area (Å²) in [6.45, 7) is 1.47. The van der Waals surface area contributed by atoms with Gasteiger partial charge in [0, 0.05) is 28.3 Å². The first-order valence-electron chi connectivity index (χ1n) is 12.0. The molecule has 1 heterocycles. The summed E-state index contributed by atoms with van der Waals surface area (Å²) in [5.41, 5.74) is 2.80. The van der Waals surface area contributed by atoms with Gasteiger partial charge >= 0.3 is 5.97 Å². The SMILES string of the molecule is CC(=O)Nc1ccc(CCCc2ccc(C(=O)N[C@@H](CC(=O)O)C(=O)CSCc3ccccc3Cl)s2)cc1. The molecule has 3 rings (SSSR count). The van der Waals surface area contributed by atoms with Crippen molar-refractivity contribution in [3.63, 3.8) is 0 Å². The Balaban J connectivity index is 1.49. The van der Waals surface area contributed by atoms with Gasteiger partial charge in [-0.15, -0.1) is 23.1 Å². The summed E-state index contributed by atoms with van der Waals surface area (Å²) >= 11 is 8.81. The molecule has 0 saturated heterocycles. The number of carbonyl (C=O) groups is 4. The number of halogens is 1. The van der Waals surface area contributed by atoms with Crippen LogP contribution in [-0.4, -0.2) is 40.5 Å². The van der Waals surface area contributed by atoms with Crippen molar-refractivity contribution in [2.45, 2.75) is 44.4 Å². The fraction of sp³-hybridized carbons (Fsp3) is 0.286. The highest BCUT2D eigenvalue weighted by Gasteiger charge is 2.24. The summed E-state index contributed by atoms with van der Waals surface area (Å²) in [6.07, 6.45) is 2.03. The van der Waals surface area contributed by atoms with Crippen LogP contribution in [0.2, 0.25) is 5.02 Å². The number of thiophene rings is 1. The first-order valence-corrected chi connectivity index (χ1v) is 14.4. The van der Waals surface area contributed by atoms with E-state index >= 15 is 0 Å². The highest BCUT2D eigenvalue weighted by Crippen LogP contribution is 2.22. The molecule has 0 aliphatic rings. The first-order chi connectivity index (χ1) is 18.2. The Bertz CT molecular complexity index is 1280. The van der Waals surface area contributed by atoms with E-state index in [0.717, 1.165) is 41.0 Å². The molecule has 38 heavy (non-hydrogen) atoms. The van der Waals surface area contributed by atoms with Crippen molar-refractivity contribution < 1.29 is 24.3 Å². The van der Waals surface area contributed by atoms with Crippen molar-refractivity contribution in [1.82, 2.24) is 5.32 Å². The van der Waals surface area contributed by atoms with E-state index in [1.165, 1.54) is 30.0 Å². The molecule has 0 aliphatic carbocycles. The summed E-state index contributed by atoms with van der Waals surface area (Å²) in [7, 11) is 0. The Kier molecular flexibility index (Phi) is 11.4. The number of aryl methyl sites for hydroxylation is 2. The molecule has 0 saturated carbocycles. The highest BCUT2D eigenvalue weighted by molar-refractivity contribution is 7.99. The Hall–Kier alpha value is -3.14. The standard InChI is InChI=1S/C28H29ClN2O5S2/c1-18(32)30-21-11-9-19(10-12-21)5-4-7-22-13-14-26(38-22)28(36)31-24(15-27(34)35)25(33)17-37-16-20-6-2-3-8-23(20)29/h2-3,6,8-14,24H,4-5,7,15-17H2,1H3,(H,30,32)(H,31,36)(H,34,35)/t24-/m0/s1. The molecule has 7 nitrogen and oxygen atoms in total. The topological polar surface area (TPSA) is 113 Å². The molecule has 2 aromatic carbocycles. The number of amides is 2. The lowest BCUT2D eigenvalue weighted by Crippen LogP contribution is -2.43. The molecule has 3 aromatic rings. The zero-order valence-corrected chi connectivity index (χ0v) is 23.3. The van der Waals surface area contributed by atoms with Gasteiger partial charge in [0.2, 0.25) is 5.91 Å². The molecular weight excluding hydrogens is 544 g/mol. The van der Waals surface area contributed by atoms with Crippen LogP contribution in [0.25, 0.3) is 0 Å². The van der Waals surface area contributed by atoms with Crippen LogP contribution in [0.1, 0.15) is 45.4 Å². The zero-order valence-electron chi connectivity index (χ0n) is 20.9. The average molecular weight is 573 g/mol.